The van der Waals surface area contributed by atoms with E-state index < -0.39 is 9.84 Å². The molecule has 2 aliphatic rings. The first-order valence-corrected chi connectivity index (χ1v) is 10.2. The highest BCUT2D eigenvalue weighted by molar-refractivity contribution is 7.91. The van der Waals surface area contributed by atoms with Crippen molar-refractivity contribution in [3.63, 3.8) is 0 Å². The van der Waals surface area contributed by atoms with Gasteiger partial charge in [-0.3, -0.25) is 0 Å². The minimum Gasteiger partial charge on any atom is -0.312 e. The monoisotopic (exact) mass is 315 g/mol. The zero-order valence-electron chi connectivity index (χ0n) is 14.4. The van der Waals surface area contributed by atoms with Gasteiger partial charge in [0.05, 0.1) is 11.0 Å². The second-order valence-corrected chi connectivity index (χ2v) is 11.4. The van der Waals surface area contributed by atoms with Gasteiger partial charge in [-0.2, -0.15) is 0 Å². The maximum absolute atomic E-state index is 12.2. The lowest BCUT2D eigenvalue weighted by Crippen LogP contribution is -2.47. The summed E-state index contributed by atoms with van der Waals surface area (Å²) in [5, 5.41) is 3.41. The molecule has 21 heavy (non-hydrogen) atoms. The van der Waals surface area contributed by atoms with E-state index in [0.717, 1.165) is 24.8 Å². The lowest BCUT2D eigenvalue weighted by atomic mass is 9.71. The second-order valence-electron chi connectivity index (χ2n) is 8.71. The molecule has 2 aliphatic carbocycles. The van der Waals surface area contributed by atoms with Gasteiger partial charge in [0, 0.05) is 12.1 Å². The van der Waals surface area contributed by atoms with Crippen LogP contribution >= 0.6 is 0 Å². The Morgan fingerprint density at radius 1 is 1.24 bits per heavy atom. The lowest BCUT2D eigenvalue weighted by Gasteiger charge is -2.40. The van der Waals surface area contributed by atoms with Crippen LogP contribution in [0, 0.1) is 17.3 Å². The highest BCUT2D eigenvalue weighted by Gasteiger charge is 2.50. The van der Waals surface area contributed by atoms with Gasteiger partial charge in [-0.15, -0.1) is 0 Å². The van der Waals surface area contributed by atoms with Crippen molar-refractivity contribution in [3.05, 3.63) is 0 Å². The van der Waals surface area contributed by atoms with Crippen LogP contribution < -0.4 is 5.32 Å². The fraction of sp³-hybridized carbons (Fsp3) is 1.00. The molecule has 4 heteroatoms. The summed E-state index contributed by atoms with van der Waals surface area (Å²) in [6, 6.07) is 0. The second kappa shape index (κ2) is 5.84. The topological polar surface area (TPSA) is 46.2 Å². The maximum atomic E-state index is 12.2. The van der Waals surface area contributed by atoms with Gasteiger partial charge in [0.1, 0.15) is 0 Å². The van der Waals surface area contributed by atoms with Crippen LogP contribution in [0.25, 0.3) is 0 Å². The third kappa shape index (κ3) is 4.01. The molecule has 3 atom stereocenters. The summed E-state index contributed by atoms with van der Waals surface area (Å²) >= 11 is 0. The molecule has 0 spiro atoms. The molecule has 0 aromatic heterocycles. The molecule has 0 saturated heterocycles. The van der Waals surface area contributed by atoms with Crippen molar-refractivity contribution in [2.24, 2.45) is 17.3 Å². The third-order valence-corrected chi connectivity index (χ3v) is 7.89. The molecular weight excluding hydrogens is 282 g/mol. The molecule has 2 saturated carbocycles. The van der Waals surface area contributed by atoms with E-state index in [-0.39, 0.29) is 16.2 Å². The van der Waals surface area contributed by atoms with E-state index in [9.17, 15) is 8.42 Å². The van der Waals surface area contributed by atoms with Crippen molar-refractivity contribution >= 4 is 9.84 Å². The Bertz CT molecular complexity index is 464. The number of nitrogens with one attached hydrogen (secondary N) is 1. The summed E-state index contributed by atoms with van der Waals surface area (Å²) in [5.41, 5.74) is 0.323. The van der Waals surface area contributed by atoms with Crippen LogP contribution in [0.2, 0.25) is 0 Å². The van der Waals surface area contributed by atoms with Crippen molar-refractivity contribution in [1.29, 1.82) is 0 Å². The first kappa shape index (κ1) is 17.3. The fourth-order valence-corrected chi connectivity index (χ4v) is 5.35. The SMILES string of the molecule is CC(C)S(=O)(=O)CCC1(CNC(C)(C)C)CC2CCC1C2. The molecule has 2 rings (SSSR count). The van der Waals surface area contributed by atoms with E-state index >= 15 is 0 Å². The summed E-state index contributed by atoms with van der Waals surface area (Å²) in [5.74, 6) is 1.94. The quantitative estimate of drug-likeness (QED) is 0.817. The van der Waals surface area contributed by atoms with Crippen molar-refractivity contribution < 1.29 is 8.42 Å². The Balaban J connectivity index is 2.07. The van der Waals surface area contributed by atoms with Gasteiger partial charge >= 0.3 is 0 Å². The predicted molar refractivity (Wildman–Crippen MR) is 89.2 cm³/mol. The van der Waals surface area contributed by atoms with Crippen LogP contribution in [0.15, 0.2) is 0 Å². The predicted octanol–water partition coefficient (Wildman–Crippen LogP) is 3.39. The van der Waals surface area contributed by atoms with Gasteiger partial charge < -0.3 is 5.32 Å². The van der Waals surface area contributed by atoms with E-state index in [1.807, 2.05) is 0 Å². The normalized spacial score (nSPS) is 33.0. The maximum Gasteiger partial charge on any atom is 0.152 e. The number of sulfone groups is 1. The molecule has 0 amide bonds. The van der Waals surface area contributed by atoms with Crippen LogP contribution in [0.4, 0.5) is 0 Å². The molecule has 0 aromatic carbocycles. The standard InChI is InChI=1S/C17H33NO2S/c1-13(2)21(19,20)9-8-17(12-18-16(3,4)5)11-14-6-7-15(17)10-14/h13-15,18H,6-12H2,1-5H3. The van der Waals surface area contributed by atoms with Gasteiger partial charge in [0.15, 0.2) is 9.84 Å². The summed E-state index contributed by atoms with van der Waals surface area (Å²) in [6.45, 7) is 11.2. The Hall–Kier alpha value is -0.0900. The summed E-state index contributed by atoms with van der Waals surface area (Å²) < 4.78 is 24.4. The van der Waals surface area contributed by atoms with Gasteiger partial charge in [-0.05, 0) is 77.6 Å². The van der Waals surface area contributed by atoms with E-state index in [2.05, 4.69) is 26.1 Å². The van der Waals surface area contributed by atoms with Crippen LogP contribution in [-0.4, -0.2) is 31.5 Å². The first-order valence-electron chi connectivity index (χ1n) is 8.51. The Morgan fingerprint density at radius 2 is 1.90 bits per heavy atom. The molecule has 0 heterocycles. The molecule has 124 valence electrons. The van der Waals surface area contributed by atoms with Crippen molar-refractivity contribution in [3.8, 4) is 0 Å². The molecule has 0 aliphatic heterocycles. The molecule has 2 fully saturated rings. The van der Waals surface area contributed by atoms with Crippen LogP contribution in [-0.2, 0) is 9.84 Å². The Morgan fingerprint density at radius 3 is 2.33 bits per heavy atom. The molecular formula is C17H33NO2S. The minimum absolute atomic E-state index is 0.103. The average molecular weight is 316 g/mol. The molecule has 1 N–H and O–H groups in total. The summed E-state index contributed by atoms with van der Waals surface area (Å²) in [7, 11) is -2.92. The van der Waals surface area contributed by atoms with Crippen LogP contribution in [0.3, 0.4) is 0 Å². The van der Waals surface area contributed by atoms with E-state index in [4.69, 9.17) is 0 Å². The highest BCUT2D eigenvalue weighted by atomic mass is 32.2. The van der Waals surface area contributed by atoms with Gasteiger partial charge in [-0.25, -0.2) is 8.42 Å². The van der Waals surface area contributed by atoms with E-state index in [0.29, 0.717) is 5.75 Å². The third-order valence-electron chi connectivity index (χ3n) is 5.68. The molecule has 2 bridgehead atoms. The minimum atomic E-state index is -2.92. The zero-order chi connectivity index (χ0) is 15.9. The average Bonchev–Trinajstić information content (AvgIpc) is 2.94. The fourth-order valence-electron chi connectivity index (χ4n) is 4.19. The summed E-state index contributed by atoms with van der Waals surface area (Å²) in [4.78, 5) is 0. The summed E-state index contributed by atoms with van der Waals surface area (Å²) in [6.07, 6.45) is 6.07. The van der Waals surface area contributed by atoms with Crippen molar-refractivity contribution in [1.82, 2.24) is 5.32 Å². The molecule has 0 radical (unpaired) electrons. The van der Waals surface area contributed by atoms with Crippen LogP contribution in [0.1, 0.15) is 66.7 Å². The Kier molecular flexibility index (Phi) is 4.80. The number of rotatable bonds is 6. The van der Waals surface area contributed by atoms with Gasteiger partial charge in [-0.1, -0.05) is 6.42 Å². The first-order chi connectivity index (χ1) is 9.54. The van der Waals surface area contributed by atoms with E-state index in [1.165, 1.54) is 25.7 Å². The highest BCUT2D eigenvalue weighted by Crippen LogP contribution is 2.57. The lowest BCUT2D eigenvalue weighted by molar-refractivity contribution is 0.138. The van der Waals surface area contributed by atoms with E-state index in [1.54, 1.807) is 13.8 Å². The van der Waals surface area contributed by atoms with Gasteiger partial charge in [0.2, 0.25) is 0 Å². The molecule has 3 nitrogen and oxygen atoms in total. The Labute approximate surface area is 131 Å². The molecule has 0 aromatic rings. The number of fused-ring (bicyclic) bond motifs is 2. The molecule has 3 unspecified atom stereocenters. The van der Waals surface area contributed by atoms with Crippen LogP contribution in [0.5, 0.6) is 0 Å². The zero-order valence-corrected chi connectivity index (χ0v) is 15.2. The number of hydrogen-bond acceptors (Lipinski definition) is 3. The van der Waals surface area contributed by atoms with Crippen molar-refractivity contribution in [2.75, 3.05) is 12.3 Å². The smallest absolute Gasteiger partial charge is 0.152 e. The largest absolute Gasteiger partial charge is 0.312 e. The number of hydrogen-bond donors (Lipinski definition) is 1. The van der Waals surface area contributed by atoms with Gasteiger partial charge in [0.25, 0.3) is 0 Å². The van der Waals surface area contributed by atoms with Crippen molar-refractivity contribution in [2.45, 2.75) is 77.5 Å².